The highest BCUT2D eigenvalue weighted by atomic mass is 32.2. The summed E-state index contributed by atoms with van der Waals surface area (Å²) in [6.07, 6.45) is 10.1. The minimum atomic E-state index is -3.15. The maximum atomic E-state index is 13.1. The fraction of sp³-hybridized carbons (Fsp3) is 0.667. The molecule has 2 aromatic rings. The number of benzene rings is 1. The van der Waals surface area contributed by atoms with Crippen LogP contribution in [-0.2, 0) is 16.4 Å². The van der Waals surface area contributed by atoms with Crippen LogP contribution in [0.1, 0.15) is 61.9 Å². The summed E-state index contributed by atoms with van der Waals surface area (Å²) in [5, 5.41) is 4.70. The van der Waals surface area contributed by atoms with E-state index in [0.29, 0.717) is 22.3 Å². The van der Waals surface area contributed by atoms with E-state index in [4.69, 9.17) is 5.10 Å². The third-order valence-electron chi connectivity index (χ3n) is 9.50. The molecule has 2 amide bonds. The molecule has 1 aromatic heterocycles. The van der Waals surface area contributed by atoms with Gasteiger partial charge < -0.3 is 9.80 Å². The Morgan fingerprint density at radius 3 is 2.19 bits per heavy atom. The summed E-state index contributed by atoms with van der Waals surface area (Å²) in [6.45, 7) is 6.44. The first-order valence-corrected chi connectivity index (χ1v) is 15.5. The minimum Gasteiger partial charge on any atom is -0.323 e. The zero-order valence-electron chi connectivity index (χ0n) is 21.6. The SMILES string of the molecule is CS(=O)(=O)c1ccc(CN2CCC3(CC2)CN(C(=O)N2CC4(CC(n5cnc(C6CC6)n5)C4)C2)C3)cc1. The van der Waals surface area contributed by atoms with Crippen molar-refractivity contribution in [1.29, 1.82) is 0 Å². The third kappa shape index (κ3) is 4.35. The van der Waals surface area contributed by atoms with Crippen LogP contribution in [0, 0.1) is 10.8 Å². The molecule has 7 rings (SSSR count). The van der Waals surface area contributed by atoms with Crippen molar-refractivity contribution in [2.45, 2.75) is 61.9 Å². The molecule has 10 heteroatoms. The van der Waals surface area contributed by atoms with Crippen LogP contribution in [0.15, 0.2) is 35.5 Å². The fourth-order valence-electron chi connectivity index (χ4n) is 6.98. The Morgan fingerprint density at radius 2 is 1.59 bits per heavy atom. The Labute approximate surface area is 218 Å². The zero-order valence-corrected chi connectivity index (χ0v) is 22.4. The molecule has 0 bridgehead atoms. The first kappa shape index (κ1) is 23.6. The summed E-state index contributed by atoms with van der Waals surface area (Å²) in [6, 6.07) is 7.93. The van der Waals surface area contributed by atoms with E-state index in [1.54, 1.807) is 12.1 Å². The van der Waals surface area contributed by atoms with Gasteiger partial charge in [-0.25, -0.2) is 22.9 Å². The molecule has 4 heterocycles. The number of carbonyl (C=O) groups excluding carboxylic acids is 1. The second-order valence-electron chi connectivity index (χ2n) is 12.6. The summed E-state index contributed by atoms with van der Waals surface area (Å²) in [5.41, 5.74) is 1.73. The molecule has 3 aliphatic heterocycles. The molecule has 5 fully saturated rings. The van der Waals surface area contributed by atoms with Gasteiger partial charge in [-0.15, -0.1) is 0 Å². The van der Waals surface area contributed by atoms with Crippen LogP contribution in [0.3, 0.4) is 0 Å². The lowest BCUT2D eigenvalue weighted by Gasteiger charge is -2.61. The van der Waals surface area contributed by atoms with Gasteiger partial charge in [0.05, 0.1) is 10.9 Å². The quantitative estimate of drug-likeness (QED) is 0.597. The van der Waals surface area contributed by atoms with E-state index in [0.717, 1.165) is 82.9 Å². The number of aromatic nitrogens is 3. The lowest BCUT2D eigenvalue weighted by atomic mass is 9.60. The van der Waals surface area contributed by atoms with Crippen molar-refractivity contribution in [2.24, 2.45) is 10.8 Å². The van der Waals surface area contributed by atoms with Gasteiger partial charge in [-0.1, -0.05) is 12.1 Å². The summed E-state index contributed by atoms with van der Waals surface area (Å²) in [5.74, 6) is 1.62. The van der Waals surface area contributed by atoms with Crippen molar-refractivity contribution < 1.29 is 13.2 Å². The van der Waals surface area contributed by atoms with Crippen LogP contribution in [0.5, 0.6) is 0 Å². The Balaban J connectivity index is 0.842. The average molecular weight is 525 g/mol. The third-order valence-corrected chi connectivity index (χ3v) is 10.6. The molecule has 0 atom stereocenters. The molecule has 5 aliphatic rings. The predicted octanol–water partition coefficient (Wildman–Crippen LogP) is 2.91. The number of sulfone groups is 1. The Bertz CT molecular complexity index is 1290. The molecule has 3 saturated heterocycles. The van der Waals surface area contributed by atoms with Gasteiger partial charge in [0, 0.05) is 55.7 Å². The topological polar surface area (TPSA) is 91.6 Å². The predicted molar refractivity (Wildman–Crippen MR) is 138 cm³/mol. The number of hydrogen-bond donors (Lipinski definition) is 0. The van der Waals surface area contributed by atoms with Gasteiger partial charge in [-0.2, -0.15) is 5.10 Å². The number of rotatable bonds is 5. The lowest BCUT2D eigenvalue weighted by molar-refractivity contribution is -0.0910. The molecule has 2 saturated carbocycles. The van der Waals surface area contributed by atoms with Gasteiger partial charge in [0.1, 0.15) is 6.33 Å². The monoisotopic (exact) mass is 524 g/mol. The number of carbonyl (C=O) groups is 1. The van der Waals surface area contributed by atoms with Crippen LogP contribution in [0.2, 0.25) is 0 Å². The largest absolute Gasteiger partial charge is 0.323 e. The van der Waals surface area contributed by atoms with E-state index in [2.05, 4.69) is 24.4 Å². The van der Waals surface area contributed by atoms with Crippen molar-refractivity contribution >= 4 is 15.9 Å². The smallest absolute Gasteiger partial charge is 0.320 e. The highest BCUT2D eigenvalue weighted by Gasteiger charge is 2.57. The second-order valence-corrected chi connectivity index (χ2v) is 14.6. The van der Waals surface area contributed by atoms with Crippen molar-refractivity contribution in [3.63, 3.8) is 0 Å². The van der Waals surface area contributed by atoms with Crippen LogP contribution in [0.4, 0.5) is 4.79 Å². The van der Waals surface area contributed by atoms with Crippen LogP contribution < -0.4 is 0 Å². The highest BCUT2D eigenvalue weighted by Crippen LogP contribution is 2.54. The summed E-state index contributed by atoms with van der Waals surface area (Å²) < 4.78 is 25.4. The lowest BCUT2D eigenvalue weighted by Crippen LogP contribution is -2.70. The molecule has 37 heavy (non-hydrogen) atoms. The molecule has 0 radical (unpaired) electrons. The van der Waals surface area contributed by atoms with E-state index >= 15 is 0 Å². The van der Waals surface area contributed by atoms with E-state index in [1.807, 2.05) is 18.5 Å². The first-order chi connectivity index (χ1) is 17.7. The average Bonchev–Trinajstić information content (AvgIpc) is 3.53. The van der Waals surface area contributed by atoms with E-state index in [-0.39, 0.29) is 11.4 Å². The van der Waals surface area contributed by atoms with Crippen molar-refractivity contribution in [3.05, 3.63) is 42.0 Å². The number of amides is 2. The van der Waals surface area contributed by atoms with Crippen molar-refractivity contribution in [1.82, 2.24) is 29.5 Å². The zero-order chi connectivity index (χ0) is 25.4. The highest BCUT2D eigenvalue weighted by molar-refractivity contribution is 7.90. The summed E-state index contributed by atoms with van der Waals surface area (Å²) >= 11 is 0. The van der Waals surface area contributed by atoms with Gasteiger partial charge in [-0.3, -0.25) is 4.90 Å². The molecule has 0 N–H and O–H groups in total. The number of nitrogens with zero attached hydrogens (tertiary/aromatic N) is 6. The van der Waals surface area contributed by atoms with Gasteiger partial charge >= 0.3 is 6.03 Å². The van der Waals surface area contributed by atoms with Crippen LogP contribution >= 0.6 is 0 Å². The molecule has 9 nitrogen and oxygen atoms in total. The van der Waals surface area contributed by atoms with Crippen LogP contribution in [-0.4, -0.2) is 89.4 Å². The van der Waals surface area contributed by atoms with Gasteiger partial charge in [0.2, 0.25) is 0 Å². The molecule has 1 aromatic carbocycles. The fourth-order valence-corrected chi connectivity index (χ4v) is 7.61. The minimum absolute atomic E-state index is 0.227. The van der Waals surface area contributed by atoms with Gasteiger partial charge in [-0.05, 0) is 69.3 Å². The Hall–Kier alpha value is -2.46. The Morgan fingerprint density at radius 1 is 0.973 bits per heavy atom. The summed E-state index contributed by atoms with van der Waals surface area (Å²) in [4.78, 5) is 24.5. The maximum Gasteiger partial charge on any atom is 0.320 e. The van der Waals surface area contributed by atoms with Gasteiger partial charge in [0.15, 0.2) is 15.7 Å². The van der Waals surface area contributed by atoms with E-state index in [1.165, 1.54) is 19.1 Å². The summed E-state index contributed by atoms with van der Waals surface area (Å²) in [7, 11) is -3.15. The normalized spacial score (nSPS) is 25.1. The standard InChI is InChI=1S/C27H36N6O3S/c1-37(35,36)23-6-2-20(3-7-23)14-30-10-8-26(9-11-30)15-31(16-26)25(34)32-17-27(18-32)12-22(13-27)33-19-28-24(29-33)21-4-5-21/h2-3,6-7,19,21-22H,4-5,8-18H2,1H3. The van der Waals surface area contributed by atoms with Gasteiger partial charge in [0.25, 0.3) is 0 Å². The molecule has 0 unspecified atom stereocenters. The molecule has 2 aliphatic carbocycles. The molecule has 2 spiro atoms. The molecule has 198 valence electrons. The second kappa shape index (κ2) is 8.27. The number of piperidine rings is 1. The maximum absolute atomic E-state index is 13.1. The van der Waals surface area contributed by atoms with E-state index in [9.17, 15) is 13.2 Å². The van der Waals surface area contributed by atoms with Crippen molar-refractivity contribution in [2.75, 3.05) is 45.5 Å². The Kier molecular flexibility index (Phi) is 5.28. The number of urea groups is 1. The van der Waals surface area contributed by atoms with Crippen LogP contribution in [0.25, 0.3) is 0 Å². The number of hydrogen-bond acceptors (Lipinski definition) is 6. The number of likely N-dealkylation sites (tertiary alicyclic amines) is 3. The molecular formula is C27H36N6O3S. The molecular weight excluding hydrogens is 488 g/mol. The van der Waals surface area contributed by atoms with Crippen molar-refractivity contribution in [3.8, 4) is 0 Å². The first-order valence-electron chi connectivity index (χ1n) is 13.7. The van der Waals surface area contributed by atoms with E-state index < -0.39 is 9.84 Å².